The molecular weight excluding hydrogens is 208 g/mol. The summed E-state index contributed by atoms with van der Waals surface area (Å²) >= 11 is 0. The van der Waals surface area contributed by atoms with E-state index in [1.165, 1.54) is 6.39 Å². The van der Waals surface area contributed by atoms with E-state index in [4.69, 9.17) is 4.42 Å². The van der Waals surface area contributed by atoms with Gasteiger partial charge in [-0.15, -0.1) is 0 Å². The van der Waals surface area contributed by atoms with Crippen molar-refractivity contribution in [3.63, 3.8) is 0 Å². The topological polar surface area (TPSA) is 75.4 Å². The summed E-state index contributed by atoms with van der Waals surface area (Å²) in [5.74, 6) is -0.0567. The molecule has 0 aromatic carbocycles. The number of aliphatic hydroxyl groups is 1. The zero-order chi connectivity index (χ0) is 11.5. The summed E-state index contributed by atoms with van der Waals surface area (Å²) in [7, 11) is 0. The third kappa shape index (κ3) is 2.24. The first-order chi connectivity index (χ1) is 7.68. The maximum Gasteiger partial charge on any atom is 0.289 e. The van der Waals surface area contributed by atoms with Crippen molar-refractivity contribution in [1.82, 2.24) is 10.3 Å². The molecule has 5 nitrogen and oxygen atoms in total. The molecule has 1 saturated carbocycles. The van der Waals surface area contributed by atoms with Gasteiger partial charge in [0, 0.05) is 0 Å². The van der Waals surface area contributed by atoms with Crippen molar-refractivity contribution in [2.45, 2.75) is 44.8 Å². The molecule has 1 aromatic heterocycles. The van der Waals surface area contributed by atoms with Crippen molar-refractivity contribution in [1.29, 1.82) is 0 Å². The fraction of sp³-hybridized carbons (Fsp3) is 0.636. The summed E-state index contributed by atoms with van der Waals surface area (Å²) in [6.07, 6.45) is 4.44. The third-order valence-electron chi connectivity index (χ3n) is 3.00. The number of aromatic nitrogens is 1. The Morgan fingerprint density at radius 3 is 2.94 bits per heavy atom. The normalized spacial score (nSPS) is 25.4. The average Bonchev–Trinajstić information content (AvgIpc) is 2.68. The van der Waals surface area contributed by atoms with Gasteiger partial charge in [-0.3, -0.25) is 4.79 Å². The van der Waals surface area contributed by atoms with Crippen LogP contribution in [0.1, 0.15) is 41.9 Å². The first-order valence-corrected chi connectivity index (χ1v) is 5.57. The highest BCUT2D eigenvalue weighted by molar-refractivity contribution is 5.92. The van der Waals surface area contributed by atoms with Gasteiger partial charge in [-0.2, -0.15) is 0 Å². The van der Waals surface area contributed by atoms with Crippen molar-refractivity contribution < 1.29 is 14.3 Å². The second-order valence-corrected chi connectivity index (χ2v) is 4.20. The highest BCUT2D eigenvalue weighted by atomic mass is 16.3. The molecule has 1 heterocycles. The van der Waals surface area contributed by atoms with Crippen molar-refractivity contribution >= 4 is 5.91 Å². The molecule has 2 rings (SSSR count). The number of amides is 1. The zero-order valence-electron chi connectivity index (χ0n) is 9.27. The lowest BCUT2D eigenvalue weighted by molar-refractivity contribution is 0.0697. The summed E-state index contributed by atoms with van der Waals surface area (Å²) in [6.45, 7) is 1.72. The fourth-order valence-corrected chi connectivity index (χ4v) is 2.03. The summed E-state index contributed by atoms with van der Waals surface area (Å²) in [5.41, 5.74) is 0.572. The molecule has 1 fully saturated rings. The predicted octanol–water partition coefficient (Wildman–Crippen LogP) is 1.02. The number of oxazole rings is 1. The van der Waals surface area contributed by atoms with Crippen molar-refractivity contribution in [2.75, 3.05) is 0 Å². The molecule has 0 spiro atoms. The van der Waals surface area contributed by atoms with Crippen molar-refractivity contribution in [3.8, 4) is 0 Å². The smallest absolute Gasteiger partial charge is 0.289 e. The molecule has 0 saturated heterocycles. The molecule has 16 heavy (non-hydrogen) atoms. The van der Waals surface area contributed by atoms with Gasteiger partial charge in [-0.1, -0.05) is 12.8 Å². The van der Waals surface area contributed by atoms with Crippen LogP contribution in [-0.4, -0.2) is 28.1 Å². The average molecular weight is 224 g/mol. The Bertz CT molecular complexity index is 375. The van der Waals surface area contributed by atoms with E-state index in [1.54, 1.807) is 6.92 Å². The lowest BCUT2D eigenvalue weighted by Gasteiger charge is -2.27. The summed E-state index contributed by atoms with van der Waals surface area (Å²) in [5, 5.41) is 12.5. The van der Waals surface area contributed by atoms with Crippen LogP contribution in [0.15, 0.2) is 10.8 Å². The fourth-order valence-electron chi connectivity index (χ4n) is 2.03. The largest absolute Gasteiger partial charge is 0.438 e. The van der Waals surface area contributed by atoms with Crippen LogP contribution in [0.4, 0.5) is 0 Å². The van der Waals surface area contributed by atoms with Gasteiger partial charge in [0.25, 0.3) is 5.91 Å². The Balaban J connectivity index is 1.99. The van der Waals surface area contributed by atoms with Crippen LogP contribution < -0.4 is 5.32 Å². The second kappa shape index (κ2) is 4.65. The second-order valence-electron chi connectivity index (χ2n) is 4.20. The van der Waals surface area contributed by atoms with Crippen molar-refractivity contribution in [3.05, 3.63) is 17.8 Å². The molecule has 5 heteroatoms. The minimum atomic E-state index is -0.444. The molecule has 2 atom stereocenters. The molecule has 1 amide bonds. The van der Waals surface area contributed by atoms with Gasteiger partial charge < -0.3 is 14.8 Å². The van der Waals surface area contributed by atoms with Crippen LogP contribution in [0.5, 0.6) is 0 Å². The molecular formula is C11H16N2O3. The number of hydrogen-bond donors (Lipinski definition) is 2. The van der Waals surface area contributed by atoms with E-state index in [0.29, 0.717) is 5.69 Å². The van der Waals surface area contributed by atoms with E-state index < -0.39 is 6.10 Å². The number of nitrogens with one attached hydrogen (secondary N) is 1. The molecule has 2 N–H and O–H groups in total. The Morgan fingerprint density at radius 1 is 1.56 bits per heavy atom. The molecule has 1 aliphatic rings. The maximum absolute atomic E-state index is 11.8. The summed E-state index contributed by atoms with van der Waals surface area (Å²) in [6, 6.07) is -0.161. The first kappa shape index (κ1) is 11.1. The molecule has 88 valence electrons. The molecule has 1 aromatic rings. The number of carbonyl (C=O) groups excluding carboxylic acids is 1. The quantitative estimate of drug-likeness (QED) is 0.786. The van der Waals surface area contributed by atoms with Gasteiger partial charge in [0.2, 0.25) is 5.76 Å². The number of nitrogens with zero attached hydrogens (tertiary/aromatic N) is 1. The molecule has 1 aliphatic carbocycles. The minimum Gasteiger partial charge on any atom is -0.438 e. The van der Waals surface area contributed by atoms with Gasteiger partial charge in [0.15, 0.2) is 6.39 Å². The van der Waals surface area contributed by atoms with Gasteiger partial charge in [0.1, 0.15) is 0 Å². The Morgan fingerprint density at radius 2 is 2.31 bits per heavy atom. The number of carbonyl (C=O) groups is 1. The summed E-state index contributed by atoms with van der Waals surface area (Å²) in [4.78, 5) is 15.6. The van der Waals surface area contributed by atoms with Crippen LogP contribution in [0.25, 0.3) is 0 Å². The van der Waals surface area contributed by atoms with Gasteiger partial charge >= 0.3 is 0 Å². The van der Waals surface area contributed by atoms with E-state index in [1.807, 2.05) is 0 Å². The maximum atomic E-state index is 11.8. The van der Waals surface area contributed by atoms with Crippen LogP contribution in [0.2, 0.25) is 0 Å². The van der Waals surface area contributed by atoms with E-state index in [2.05, 4.69) is 10.3 Å². The molecule has 0 radical (unpaired) electrons. The Hall–Kier alpha value is -1.36. The standard InChI is InChI=1S/C11H16N2O3/c1-7-10(16-6-12-7)11(15)13-8-4-2-3-5-9(8)14/h6,8-9,14H,2-5H2,1H3,(H,13,15)/t8-,9-/m1/s1. The summed E-state index contributed by atoms with van der Waals surface area (Å²) < 4.78 is 5.00. The van der Waals surface area contributed by atoms with Gasteiger partial charge in [0.05, 0.1) is 17.8 Å². The van der Waals surface area contributed by atoms with Crippen LogP contribution in [0.3, 0.4) is 0 Å². The monoisotopic (exact) mass is 224 g/mol. The van der Waals surface area contributed by atoms with E-state index in [-0.39, 0.29) is 17.7 Å². The predicted molar refractivity (Wildman–Crippen MR) is 57.0 cm³/mol. The third-order valence-corrected chi connectivity index (χ3v) is 3.00. The number of aliphatic hydroxyl groups excluding tert-OH is 1. The Kier molecular flexibility index (Phi) is 3.24. The highest BCUT2D eigenvalue weighted by Crippen LogP contribution is 2.19. The number of hydrogen-bond acceptors (Lipinski definition) is 4. The molecule has 0 unspecified atom stereocenters. The molecule has 0 bridgehead atoms. The number of aryl methyl sites for hydroxylation is 1. The lowest BCUT2D eigenvalue weighted by atomic mass is 9.92. The first-order valence-electron chi connectivity index (χ1n) is 5.57. The van der Waals surface area contributed by atoms with E-state index in [9.17, 15) is 9.90 Å². The van der Waals surface area contributed by atoms with E-state index >= 15 is 0 Å². The minimum absolute atomic E-state index is 0.161. The van der Waals surface area contributed by atoms with Crippen LogP contribution >= 0.6 is 0 Å². The SMILES string of the molecule is Cc1ncoc1C(=O)N[C@@H]1CCCC[C@H]1O. The highest BCUT2D eigenvalue weighted by Gasteiger charge is 2.26. The van der Waals surface area contributed by atoms with Crippen LogP contribution in [-0.2, 0) is 0 Å². The Labute approximate surface area is 93.9 Å². The zero-order valence-corrected chi connectivity index (χ0v) is 9.27. The van der Waals surface area contributed by atoms with Gasteiger partial charge in [-0.25, -0.2) is 4.98 Å². The van der Waals surface area contributed by atoms with E-state index in [0.717, 1.165) is 25.7 Å². The van der Waals surface area contributed by atoms with Crippen LogP contribution in [0, 0.1) is 6.92 Å². The van der Waals surface area contributed by atoms with Crippen molar-refractivity contribution in [2.24, 2.45) is 0 Å². The number of rotatable bonds is 2. The lowest BCUT2D eigenvalue weighted by Crippen LogP contribution is -2.45. The molecule has 0 aliphatic heterocycles. The van der Waals surface area contributed by atoms with Gasteiger partial charge in [-0.05, 0) is 19.8 Å².